The highest BCUT2D eigenvalue weighted by molar-refractivity contribution is 8.13. The van der Waals surface area contributed by atoms with Gasteiger partial charge in [0.05, 0.1) is 24.0 Å². The highest BCUT2D eigenvalue weighted by atomic mass is 35.7. The molecule has 2 atom stereocenters. The maximum atomic E-state index is 13.7. The molecule has 2 N–H and O–H groups in total. The maximum absolute atomic E-state index is 13.7. The number of thiophene rings is 2. The van der Waals surface area contributed by atoms with Crippen molar-refractivity contribution in [2.75, 3.05) is 22.9 Å². The number of piperidine rings is 1. The van der Waals surface area contributed by atoms with Crippen LogP contribution >= 0.6 is 56.6 Å². The maximum Gasteiger partial charge on any atom is 0.348 e. The number of rotatable bonds is 11. The number of aromatic nitrogens is 2. The third-order valence-corrected chi connectivity index (χ3v) is 19.9. The molecule has 2 saturated heterocycles. The van der Waals surface area contributed by atoms with E-state index in [1.54, 1.807) is 11.0 Å². The zero-order valence-corrected chi connectivity index (χ0v) is 46.0. The number of benzene rings is 2. The summed E-state index contributed by atoms with van der Waals surface area (Å²) < 4.78 is 49.4. The van der Waals surface area contributed by atoms with Gasteiger partial charge in [-0.25, -0.2) is 36.4 Å². The van der Waals surface area contributed by atoms with Crippen LogP contribution in [-0.2, 0) is 28.7 Å². The van der Waals surface area contributed by atoms with Crippen LogP contribution in [0.1, 0.15) is 103 Å². The van der Waals surface area contributed by atoms with Crippen molar-refractivity contribution in [3.8, 4) is 20.9 Å². The molecule has 2 aliphatic heterocycles. The van der Waals surface area contributed by atoms with Crippen LogP contribution in [0.5, 0.6) is 0 Å². The molecule has 4 fully saturated rings. The van der Waals surface area contributed by atoms with Gasteiger partial charge >= 0.3 is 11.9 Å². The lowest BCUT2D eigenvalue weighted by Gasteiger charge is -2.44. The molecule has 22 heteroatoms. The van der Waals surface area contributed by atoms with E-state index in [0.717, 1.165) is 96.2 Å². The molecule has 75 heavy (non-hydrogen) atoms. The van der Waals surface area contributed by atoms with E-state index in [1.807, 2.05) is 71.6 Å². The molecule has 0 spiro atoms. The lowest BCUT2D eigenvalue weighted by Crippen LogP contribution is -2.60. The average molecular weight is 1160 g/mol. The molecule has 10 rings (SSSR count). The van der Waals surface area contributed by atoms with Gasteiger partial charge in [-0.05, 0) is 97.9 Å². The van der Waals surface area contributed by atoms with Gasteiger partial charge < -0.3 is 20.0 Å². The Kier molecular flexibility index (Phi) is 18.5. The number of carbonyl (C=O) groups is 4. The van der Waals surface area contributed by atoms with E-state index in [-0.39, 0.29) is 60.8 Å². The van der Waals surface area contributed by atoms with Gasteiger partial charge in [0, 0.05) is 51.8 Å². The zero-order chi connectivity index (χ0) is 53.4. The van der Waals surface area contributed by atoms with Gasteiger partial charge in [0.1, 0.15) is 29.9 Å². The molecule has 15 nitrogen and oxygen atoms in total. The van der Waals surface area contributed by atoms with E-state index in [1.165, 1.54) is 65.4 Å². The molecule has 2 saturated carbocycles. The number of hydrogen-bond acceptors (Lipinski definition) is 12. The summed E-state index contributed by atoms with van der Waals surface area (Å²) in [4.78, 5) is 63.6. The number of sulfonamides is 1. The summed E-state index contributed by atoms with van der Waals surface area (Å²) >= 11 is 13.6. The summed E-state index contributed by atoms with van der Waals surface area (Å²) in [5, 5.41) is 20.3. The van der Waals surface area contributed by atoms with Gasteiger partial charge in [-0.1, -0.05) is 122 Å². The summed E-state index contributed by atoms with van der Waals surface area (Å²) in [5.41, 5.74) is 2.79. The standard InChI is InChI=1S/C26H26ClN3O5S2.C22H25NO3S.C5H3Cl2NO2S/c27-23-12-11-19(14-28-23)37(34,35)29-15-21(17-7-3-1-4-8-17)30(24(31)16-29)20-13-22(36-25(20)26(32)33)18-9-5-2-6-10-18;24-20-13-7-12-17(15-8-3-1-4-9-15)23(20)18-14-19(27-21(18)22(25)26)16-10-5-2-6-11-16;6-5-2-1-4(3-8-5)11(7,9)10/h2,5-6,9-14,17,21H,1,3-4,7-8,15-16H2,(H,32,33);2,5-6,10-11,14-15,17H,1,3-4,7-9,12-13H2,(H,25,26);1-3H/t21-;17-;/m00./s1. The minimum Gasteiger partial charge on any atom is -0.477 e. The van der Waals surface area contributed by atoms with Gasteiger partial charge in [-0.2, -0.15) is 4.31 Å². The van der Waals surface area contributed by atoms with Crippen molar-refractivity contribution in [2.24, 2.45) is 11.8 Å². The van der Waals surface area contributed by atoms with Crippen molar-refractivity contribution < 1.29 is 46.2 Å². The van der Waals surface area contributed by atoms with Crippen molar-refractivity contribution in [2.45, 2.75) is 105 Å². The largest absolute Gasteiger partial charge is 0.477 e. The molecule has 6 aromatic rings. The number of amides is 2. The van der Waals surface area contributed by atoms with Crippen LogP contribution in [0.25, 0.3) is 20.9 Å². The summed E-state index contributed by atoms with van der Waals surface area (Å²) in [7, 11) is -2.67. The summed E-state index contributed by atoms with van der Waals surface area (Å²) in [6.07, 6.45) is 15.5. The number of carboxylic acids is 2. The molecule has 396 valence electrons. The molecule has 2 aromatic carbocycles. The topological polar surface area (TPSA) is 213 Å². The molecule has 0 unspecified atom stereocenters. The smallest absolute Gasteiger partial charge is 0.348 e. The van der Waals surface area contributed by atoms with E-state index in [0.29, 0.717) is 23.7 Å². The number of halogens is 3. The third-order valence-electron chi connectivity index (χ3n) is 14.0. The molecule has 6 heterocycles. The fourth-order valence-electron chi connectivity index (χ4n) is 10.4. The minimum atomic E-state index is -4.00. The van der Waals surface area contributed by atoms with Crippen LogP contribution in [-0.4, -0.2) is 90.2 Å². The Balaban J connectivity index is 0.000000171. The van der Waals surface area contributed by atoms with Crippen molar-refractivity contribution in [1.82, 2.24) is 14.3 Å². The average Bonchev–Trinajstić information content (AvgIpc) is 4.07. The number of piperazine rings is 1. The van der Waals surface area contributed by atoms with Gasteiger partial charge in [0.25, 0.3) is 9.05 Å². The molecule has 4 aliphatic rings. The van der Waals surface area contributed by atoms with Crippen molar-refractivity contribution in [3.63, 3.8) is 0 Å². The van der Waals surface area contributed by atoms with Crippen LogP contribution < -0.4 is 9.80 Å². The third kappa shape index (κ3) is 13.5. The Bertz CT molecular complexity index is 3210. The van der Waals surface area contributed by atoms with Crippen molar-refractivity contribution in [1.29, 1.82) is 0 Å². The zero-order valence-electron chi connectivity index (χ0n) is 40.5. The first kappa shape index (κ1) is 56.0. The minimum absolute atomic E-state index is 0.0336. The molecule has 2 amide bonds. The van der Waals surface area contributed by atoms with Crippen LogP contribution in [0.15, 0.2) is 119 Å². The number of pyridine rings is 2. The van der Waals surface area contributed by atoms with E-state index in [4.69, 9.17) is 33.9 Å². The lowest BCUT2D eigenvalue weighted by atomic mass is 9.79. The van der Waals surface area contributed by atoms with Crippen LogP contribution in [0.3, 0.4) is 0 Å². The number of nitrogens with zero attached hydrogens (tertiary/aromatic N) is 5. The first-order chi connectivity index (χ1) is 35.9. The highest BCUT2D eigenvalue weighted by Gasteiger charge is 2.45. The second-order valence-corrected chi connectivity index (χ2v) is 26.1. The van der Waals surface area contributed by atoms with E-state index >= 15 is 0 Å². The molecule has 4 aromatic heterocycles. The molecule has 0 bridgehead atoms. The van der Waals surface area contributed by atoms with Crippen LogP contribution in [0, 0.1) is 11.8 Å². The fraction of sp³-hybridized carbons (Fsp3) is 0.358. The van der Waals surface area contributed by atoms with E-state index < -0.39 is 43.0 Å². The van der Waals surface area contributed by atoms with Crippen molar-refractivity contribution >= 4 is 111 Å². The highest BCUT2D eigenvalue weighted by Crippen LogP contribution is 2.44. The van der Waals surface area contributed by atoms with E-state index in [2.05, 4.69) is 9.97 Å². The Labute approximate surface area is 458 Å². The summed E-state index contributed by atoms with van der Waals surface area (Å²) in [6, 6.07) is 28.0. The molecular weight excluding hydrogens is 1100 g/mol. The number of aromatic carboxylic acids is 2. The molecule has 2 aliphatic carbocycles. The predicted molar refractivity (Wildman–Crippen MR) is 293 cm³/mol. The van der Waals surface area contributed by atoms with Crippen molar-refractivity contribution in [3.05, 3.63) is 130 Å². The van der Waals surface area contributed by atoms with E-state index in [9.17, 15) is 46.2 Å². The van der Waals surface area contributed by atoms with Crippen LogP contribution in [0.2, 0.25) is 10.3 Å². The van der Waals surface area contributed by atoms with Crippen LogP contribution in [0.4, 0.5) is 11.4 Å². The van der Waals surface area contributed by atoms with Gasteiger partial charge in [-0.15, -0.1) is 22.7 Å². The lowest BCUT2D eigenvalue weighted by molar-refractivity contribution is -0.121. The van der Waals surface area contributed by atoms with Gasteiger partial charge in [0.15, 0.2) is 0 Å². The second-order valence-electron chi connectivity index (χ2n) is 18.7. The fourth-order valence-corrected chi connectivity index (χ4v) is 14.7. The second kappa shape index (κ2) is 24.8. The Morgan fingerprint density at radius 3 is 1.47 bits per heavy atom. The number of carboxylic acid groups (broad SMARTS) is 2. The summed E-state index contributed by atoms with van der Waals surface area (Å²) in [5.74, 6) is -1.87. The van der Waals surface area contributed by atoms with Gasteiger partial charge in [0.2, 0.25) is 21.8 Å². The molecule has 0 radical (unpaired) electrons. The monoisotopic (exact) mass is 1150 g/mol. The molecular formula is C53H54Cl3N5O10S4. The first-order valence-electron chi connectivity index (χ1n) is 24.6. The Morgan fingerprint density at radius 2 is 1.03 bits per heavy atom. The van der Waals surface area contributed by atoms with Gasteiger partial charge in [-0.3, -0.25) is 9.59 Å². The first-order valence-corrected chi connectivity index (χ1v) is 30.7. The number of hydrogen-bond donors (Lipinski definition) is 2. The number of anilines is 2. The SMILES string of the molecule is O=C(O)c1sc(-c2ccccc2)cc1N1C(=O)CCC[C@H]1C1CCCCC1.O=C(O)c1sc(-c2ccccc2)cc1N1C(=O)CN(S(=O)(=O)c2ccc(Cl)nc2)C[C@H]1C1CCCCC1.O=S(=O)(Cl)c1ccc(Cl)nc1. The summed E-state index contributed by atoms with van der Waals surface area (Å²) in [6.45, 7) is -0.305. The normalized spacial score (nSPS) is 19.1. The Hall–Kier alpha value is -5.25. The Morgan fingerprint density at radius 1 is 0.573 bits per heavy atom. The predicted octanol–water partition coefficient (Wildman–Crippen LogP) is 12.4. The number of carbonyl (C=O) groups excluding carboxylic acids is 2. The quantitative estimate of drug-likeness (QED) is 0.0916.